The van der Waals surface area contributed by atoms with Crippen LogP contribution in [0, 0.1) is 11.8 Å². The van der Waals surface area contributed by atoms with E-state index in [1.165, 1.54) is 6.20 Å². The summed E-state index contributed by atoms with van der Waals surface area (Å²) >= 11 is 0. The molecule has 0 amide bonds. The molecule has 0 unspecified atom stereocenters. The third kappa shape index (κ3) is 1.89. The molecule has 0 saturated carbocycles. The number of cyclic esters (lactones) is 1. The minimum atomic E-state index is -3.22. The van der Waals surface area contributed by atoms with Crippen LogP contribution in [0.3, 0.4) is 0 Å². The van der Waals surface area contributed by atoms with Crippen LogP contribution in [0.4, 0.5) is 0 Å². The van der Waals surface area contributed by atoms with Crippen LogP contribution in [0.2, 0.25) is 0 Å². The van der Waals surface area contributed by atoms with Gasteiger partial charge in [-0.15, -0.1) is 0 Å². The monoisotopic (exact) mass is 217 g/mol. The van der Waals surface area contributed by atoms with Gasteiger partial charge in [-0.05, 0) is 12.8 Å². The smallest absolute Gasteiger partial charge is 0.309 e. The standard InChI is InChI=1S/C11H16N2O2/c1-3-10-8(6-15-11(10)14)4-9-5-12-7-13(9)2/h5,7-8,10H,3-4,6H2,1-2H3/t8-,10-/m0/s1/i1D3,2D3,3D2,10D. The highest BCUT2D eigenvalue weighted by Gasteiger charge is 2.35. The summed E-state index contributed by atoms with van der Waals surface area (Å²) in [5, 5.41) is 0. The Morgan fingerprint density at radius 2 is 2.87 bits per heavy atom. The molecule has 0 spiro atoms. The lowest BCUT2D eigenvalue weighted by Crippen LogP contribution is -2.18. The minimum Gasteiger partial charge on any atom is -0.465 e. The molecule has 1 aliphatic heterocycles. The lowest BCUT2D eigenvalue weighted by molar-refractivity contribution is -0.141. The fourth-order valence-corrected chi connectivity index (χ4v) is 1.54. The maximum absolute atomic E-state index is 12.0. The number of imidazole rings is 1. The highest BCUT2D eigenvalue weighted by molar-refractivity contribution is 5.74. The average molecular weight is 217 g/mol. The van der Waals surface area contributed by atoms with E-state index >= 15 is 0 Å². The average Bonchev–Trinajstić information content (AvgIpc) is 2.98. The molecule has 1 aromatic rings. The second kappa shape index (κ2) is 4.04. The fraction of sp³-hybridized carbons (Fsp3) is 0.636. The van der Waals surface area contributed by atoms with Crippen LogP contribution in [-0.4, -0.2) is 22.1 Å². The van der Waals surface area contributed by atoms with Gasteiger partial charge in [0.25, 0.3) is 0 Å². The zero-order valence-corrected chi connectivity index (χ0v) is 7.86. The molecule has 2 rings (SSSR count). The Morgan fingerprint density at radius 3 is 3.67 bits per heavy atom. The minimum absolute atomic E-state index is 0.135. The second-order valence-electron chi connectivity index (χ2n) is 3.29. The van der Waals surface area contributed by atoms with Crippen molar-refractivity contribution in [2.75, 3.05) is 6.61 Å². The number of carbonyl (C=O) groups is 1. The molecule has 0 radical (unpaired) electrons. The zero-order chi connectivity index (χ0) is 18.6. The fourth-order valence-electron chi connectivity index (χ4n) is 1.54. The van der Waals surface area contributed by atoms with Gasteiger partial charge in [-0.3, -0.25) is 4.79 Å². The van der Waals surface area contributed by atoms with E-state index in [0.29, 0.717) is 0 Å². The van der Waals surface area contributed by atoms with E-state index in [4.69, 9.17) is 17.1 Å². The third-order valence-corrected chi connectivity index (χ3v) is 2.35. The highest BCUT2D eigenvalue weighted by Crippen LogP contribution is 2.27. The van der Waals surface area contributed by atoms with Crippen LogP contribution < -0.4 is 0 Å². The van der Waals surface area contributed by atoms with Crippen LogP contribution in [-0.2, 0) is 22.9 Å². The van der Waals surface area contributed by atoms with E-state index in [2.05, 4.69) is 4.98 Å². The van der Waals surface area contributed by atoms with Gasteiger partial charge < -0.3 is 9.30 Å². The molecule has 0 aromatic carbocycles. The van der Waals surface area contributed by atoms with E-state index in [1.54, 1.807) is 0 Å². The predicted octanol–water partition coefficient (Wildman–Crippen LogP) is 1.16. The zero-order valence-electron chi connectivity index (χ0n) is 16.9. The first-order chi connectivity index (χ1) is 10.7. The predicted molar refractivity (Wildman–Crippen MR) is 55.1 cm³/mol. The lowest BCUT2D eigenvalue weighted by Gasteiger charge is -2.12. The molecule has 2 heterocycles. The number of carbonyl (C=O) groups excluding carboxylic acids is 1. The van der Waals surface area contributed by atoms with E-state index in [1.807, 2.05) is 0 Å². The molecular formula is C11H16N2O2. The first-order valence-corrected chi connectivity index (χ1v) is 4.42. The van der Waals surface area contributed by atoms with Crippen molar-refractivity contribution in [2.24, 2.45) is 18.8 Å². The first-order valence-electron chi connectivity index (χ1n) is 8.92. The number of nitrogens with zero attached hydrogens (tertiary/aromatic N) is 2. The van der Waals surface area contributed by atoms with Gasteiger partial charge in [-0.25, -0.2) is 4.98 Å². The molecule has 15 heavy (non-hydrogen) atoms. The molecule has 0 N–H and O–H groups in total. The molecule has 4 nitrogen and oxygen atoms in total. The molecule has 1 aliphatic rings. The van der Waals surface area contributed by atoms with E-state index in [0.717, 1.165) is 10.9 Å². The van der Waals surface area contributed by atoms with Crippen molar-refractivity contribution in [1.29, 1.82) is 0 Å². The Labute approximate surface area is 102 Å². The van der Waals surface area contributed by atoms with Crippen molar-refractivity contribution in [3.05, 3.63) is 18.2 Å². The second-order valence-corrected chi connectivity index (χ2v) is 3.29. The van der Waals surface area contributed by atoms with Gasteiger partial charge in [0.1, 0.15) is 0 Å². The van der Waals surface area contributed by atoms with Crippen molar-refractivity contribution < 1.29 is 21.9 Å². The topological polar surface area (TPSA) is 44.1 Å². The Bertz CT molecular complexity index is 636. The highest BCUT2D eigenvalue weighted by atomic mass is 16.5. The van der Waals surface area contributed by atoms with Crippen LogP contribution >= 0.6 is 0 Å². The molecule has 4 heteroatoms. The number of hydrogen-bond acceptors (Lipinski definition) is 3. The van der Waals surface area contributed by atoms with Crippen molar-refractivity contribution in [3.63, 3.8) is 0 Å². The summed E-state index contributed by atoms with van der Waals surface area (Å²) in [6.07, 6.45) is -1.11. The first kappa shape index (κ1) is 3.92. The molecule has 2 atom stereocenters. The quantitative estimate of drug-likeness (QED) is 0.714. The number of aromatic nitrogens is 2. The van der Waals surface area contributed by atoms with E-state index < -0.39 is 38.0 Å². The summed E-state index contributed by atoms with van der Waals surface area (Å²) in [7, 11) is 0. The summed E-state index contributed by atoms with van der Waals surface area (Å²) in [6, 6.07) is 0. The summed E-state index contributed by atoms with van der Waals surface area (Å²) in [6.45, 7) is -6.13. The van der Waals surface area contributed by atoms with Gasteiger partial charge in [0, 0.05) is 37.1 Å². The molecule has 1 saturated heterocycles. The molecule has 82 valence electrons. The van der Waals surface area contributed by atoms with Gasteiger partial charge >= 0.3 is 5.97 Å². The van der Waals surface area contributed by atoms with Gasteiger partial charge in [0.05, 0.1) is 18.8 Å². The number of ether oxygens (including phenoxy) is 1. The van der Waals surface area contributed by atoms with E-state index in [9.17, 15) is 4.79 Å². The Kier molecular flexibility index (Phi) is 1.06. The molecular weight excluding hydrogens is 192 g/mol. The van der Waals surface area contributed by atoms with Crippen molar-refractivity contribution >= 4 is 5.97 Å². The van der Waals surface area contributed by atoms with Crippen LogP contribution in [0.15, 0.2) is 12.5 Å². The van der Waals surface area contributed by atoms with E-state index in [-0.39, 0.29) is 18.7 Å². The molecule has 1 fully saturated rings. The molecule has 0 aliphatic carbocycles. The largest absolute Gasteiger partial charge is 0.465 e. The Balaban J connectivity index is 2.41. The van der Waals surface area contributed by atoms with Crippen molar-refractivity contribution in [1.82, 2.24) is 9.55 Å². The Morgan fingerprint density at radius 1 is 1.93 bits per heavy atom. The Hall–Kier alpha value is -1.32. The van der Waals surface area contributed by atoms with Crippen LogP contribution in [0.25, 0.3) is 0 Å². The van der Waals surface area contributed by atoms with Crippen LogP contribution in [0.1, 0.15) is 31.3 Å². The summed E-state index contributed by atoms with van der Waals surface area (Å²) in [5.74, 6) is -5.12. The summed E-state index contributed by atoms with van der Waals surface area (Å²) in [5.41, 5.74) is 0.135. The molecule has 1 aromatic heterocycles. The molecule has 0 bridgehead atoms. The number of esters is 1. The normalized spacial score (nSPS) is 42.0. The van der Waals surface area contributed by atoms with Gasteiger partial charge in [0.2, 0.25) is 0 Å². The summed E-state index contributed by atoms with van der Waals surface area (Å²) in [4.78, 5) is 15.7. The number of rotatable bonds is 3. The summed E-state index contributed by atoms with van der Waals surface area (Å²) < 4.78 is 73.7. The number of aryl methyl sites for hydroxylation is 1. The van der Waals surface area contributed by atoms with Crippen molar-refractivity contribution in [2.45, 2.75) is 19.6 Å². The maximum atomic E-state index is 12.0. The number of hydrogen-bond donors (Lipinski definition) is 0. The van der Waals surface area contributed by atoms with Gasteiger partial charge in [-0.2, -0.15) is 0 Å². The van der Waals surface area contributed by atoms with Crippen LogP contribution in [0.5, 0.6) is 0 Å². The third-order valence-electron chi connectivity index (χ3n) is 2.35. The lowest BCUT2D eigenvalue weighted by atomic mass is 9.89. The SMILES string of the molecule is [2H]C([2H])([2H])n1cncc1C[C@H]1COC(=O)[C@@]1([2H])C([2H])([2H])C([2H])([2H])[2H]. The van der Waals surface area contributed by atoms with Gasteiger partial charge in [-0.1, -0.05) is 6.85 Å². The maximum Gasteiger partial charge on any atom is 0.309 e. The van der Waals surface area contributed by atoms with Gasteiger partial charge in [0.15, 0.2) is 0 Å². The van der Waals surface area contributed by atoms with Crippen molar-refractivity contribution in [3.8, 4) is 0 Å².